The van der Waals surface area contributed by atoms with Crippen molar-refractivity contribution < 1.29 is 9.84 Å². The van der Waals surface area contributed by atoms with E-state index in [9.17, 15) is 0 Å². The van der Waals surface area contributed by atoms with E-state index < -0.39 is 0 Å². The summed E-state index contributed by atoms with van der Waals surface area (Å²) in [6, 6.07) is 0.742. The highest BCUT2D eigenvalue weighted by Gasteiger charge is 2.28. The van der Waals surface area contributed by atoms with Crippen LogP contribution in [0, 0.1) is 5.92 Å². The number of rotatable bonds is 2. The molecule has 3 nitrogen and oxygen atoms in total. The van der Waals surface area contributed by atoms with Crippen LogP contribution in [-0.4, -0.2) is 48.5 Å². The molecule has 0 radical (unpaired) electrons. The fraction of sp³-hybridized carbons (Fsp3) is 1.00. The van der Waals surface area contributed by atoms with Crippen LogP contribution in [0.4, 0.5) is 0 Å². The monoisotopic (exact) mass is 213 g/mol. The molecule has 15 heavy (non-hydrogen) atoms. The lowest BCUT2D eigenvalue weighted by atomic mass is 9.86. The van der Waals surface area contributed by atoms with Crippen molar-refractivity contribution in [3.8, 4) is 0 Å². The zero-order chi connectivity index (χ0) is 10.7. The summed E-state index contributed by atoms with van der Waals surface area (Å²) < 4.78 is 5.48. The lowest BCUT2D eigenvalue weighted by Crippen LogP contribution is -2.49. The molecule has 1 saturated carbocycles. The molecular formula is C12H23NO2. The summed E-state index contributed by atoms with van der Waals surface area (Å²) in [7, 11) is 0. The van der Waals surface area contributed by atoms with E-state index in [1.54, 1.807) is 0 Å². The molecule has 1 saturated heterocycles. The molecule has 1 N–H and O–H groups in total. The summed E-state index contributed by atoms with van der Waals surface area (Å²) in [5.41, 5.74) is 0. The zero-order valence-corrected chi connectivity index (χ0v) is 9.69. The third-order valence-electron chi connectivity index (χ3n) is 3.80. The molecular weight excluding hydrogens is 190 g/mol. The van der Waals surface area contributed by atoms with Gasteiger partial charge in [-0.3, -0.25) is 4.90 Å². The Bertz CT molecular complexity index is 198. The summed E-state index contributed by atoms with van der Waals surface area (Å²) in [5, 5.41) is 9.11. The number of nitrogens with zero attached hydrogens (tertiary/aromatic N) is 1. The second-order valence-corrected chi connectivity index (χ2v) is 5.10. The standard InChI is InChI=1S/C12H23NO2/c1-10-3-2-4-11(7-10)13-5-6-15-12(8-13)9-14/h10-12,14H,2-9H2,1H3. The molecule has 88 valence electrons. The van der Waals surface area contributed by atoms with Gasteiger partial charge in [0.15, 0.2) is 0 Å². The highest BCUT2D eigenvalue weighted by Crippen LogP contribution is 2.28. The quantitative estimate of drug-likeness (QED) is 0.749. The second-order valence-electron chi connectivity index (χ2n) is 5.10. The van der Waals surface area contributed by atoms with Crippen LogP contribution in [0.15, 0.2) is 0 Å². The minimum absolute atomic E-state index is 0.0518. The topological polar surface area (TPSA) is 32.7 Å². The van der Waals surface area contributed by atoms with E-state index >= 15 is 0 Å². The first-order valence-corrected chi connectivity index (χ1v) is 6.26. The highest BCUT2D eigenvalue weighted by molar-refractivity contribution is 4.82. The largest absolute Gasteiger partial charge is 0.394 e. The van der Waals surface area contributed by atoms with E-state index in [1.165, 1.54) is 25.7 Å². The molecule has 1 heterocycles. The average Bonchev–Trinajstić information content (AvgIpc) is 2.29. The van der Waals surface area contributed by atoms with Crippen molar-refractivity contribution in [2.75, 3.05) is 26.3 Å². The van der Waals surface area contributed by atoms with E-state index in [0.29, 0.717) is 0 Å². The molecule has 1 aliphatic heterocycles. The SMILES string of the molecule is CC1CCCC(N2CCOC(CO)C2)C1. The first-order chi connectivity index (χ1) is 7.29. The summed E-state index contributed by atoms with van der Waals surface area (Å²) in [4.78, 5) is 2.53. The van der Waals surface area contributed by atoms with Crippen molar-refractivity contribution in [1.82, 2.24) is 4.90 Å². The molecule has 0 amide bonds. The third-order valence-corrected chi connectivity index (χ3v) is 3.80. The molecule has 1 aliphatic carbocycles. The van der Waals surface area contributed by atoms with E-state index in [-0.39, 0.29) is 12.7 Å². The van der Waals surface area contributed by atoms with Gasteiger partial charge in [0.1, 0.15) is 0 Å². The average molecular weight is 213 g/mol. The maximum atomic E-state index is 9.11. The van der Waals surface area contributed by atoms with Crippen LogP contribution in [-0.2, 0) is 4.74 Å². The summed E-state index contributed by atoms with van der Waals surface area (Å²) in [5.74, 6) is 0.874. The Morgan fingerprint density at radius 3 is 3.00 bits per heavy atom. The Kier molecular flexibility index (Phi) is 4.00. The second kappa shape index (κ2) is 5.28. The van der Waals surface area contributed by atoms with Gasteiger partial charge in [-0.2, -0.15) is 0 Å². The minimum atomic E-state index is 0.0518. The molecule has 3 unspecified atom stereocenters. The van der Waals surface area contributed by atoms with Gasteiger partial charge in [-0.1, -0.05) is 19.8 Å². The van der Waals surface area contributed by atoms with Gasteiger partial charge in [-0.05, 0) is 18.8 Å². The lowest BCUT2D eigenvalue weighted by molar-refractivity contribution is -0.0704. The van der Waals surface area contributed by atoms with Gasteiger partial charge in [0.05, 0.1) is 19.3 Å². The fourth-order valence-electron chi connectivity index (χ4n) is 2.92. The molecule has 0 aromatic rings. The molecule has 2 fully saturated rings. The molecule has 2 aliphatic rings. The number of aliphatic hydroxyl groups excluding tert-OH is 1. The molecule has 3 heteroatoms. The summed E-state index contributed by atoms with van der Waals surface area (Å²) in [6.07, 6.45) is 5.48. The van der Waals surface area contributed by atoms with Crippen LogP contribution in [0.2, 0.25) is 0 Å². The Morgan fingerprint density at radius 1 is 1.40 bits per heavy atom. The number of hydrogen-bond acceptors (Lipinski definition) is 3. The molecule has 0 bridgehead atoms. The third kappa shape index (κ3) is 2.92. The maximum absolute atomic E-state index is 9.11. The normalized spacial score (nSPS) is 39.2. The van der Waals surface area contributed by atoms with Crippen LogP contribution >= 0.6 is 0 Å². The number of aliphatic hydroxyl groups is 1. The Morgan fingerprint density at radius 2 is 2.27 bits per heavy atom. The van der Waals surface area contributed by atoms with E-state index in [4.69, 9.17) is 9.84 Å². The van der Waals surface area contributed by atoms with Gasteiger partial charge in [0.25, 0.3) is 0 Å². The summed E-state index contributed by atoms with van der Waals surface area (Å²) in [6.45, 7) is 5.28. The Hall–Kier alpha value is -0.120. The van der Waals surface area contributed by atoms with Crippen molar-refractivity contribution in [1.29, 1.82) is 0 Å². The molecule has 0 aromatic carbocycles. The van der Waals surface area contributed by atoms with Crippen molar-refractivity contribution >= 4 is 0 Å². The van der Waals surface area contributed by atoms with Gasteiger partial charge in [0, 0.05) is 19.1 Å². The van der Waals surface area contributed by atoms with Gasteiger partial charge in [0.2, 0.25) is 0 Å². The smallest absolute Gasteiger partial charge is 0.0932 e. The van der Waals surface area contributed by atoms with Crippen LogP contribution in [0.25, 0.3) is 0 Å². The highest BCUT2D eigenvalue weighted by atomic mass is 16.5. The number of ether oxygens (including phenoxy) is 1. The predicted molar refractivity (Wildman–Crippen MR) is 59.8 cm³/mol. The van der Waals surface area contributed by atoms with E-state index in [0.717, 1.165) is 31.7 Å². The minimum Gasteiger partial charge on any atom is -0.394 e. The van der Waals surface area contributed by atoms with Gasteiger partial charge in [-0.15, -0.1) is 0 Å². The number of morpholine rings is 1. The predicted octanol–water partition coefficient (Wildman–Crippen LogP) is 1.26. The first-order valence-electron chi connectivity index (χ1n) is 6.26. The maximum Gasteiger partial charge on any atom is 0.0932 e. The van der Waals surface area contributed by atoms with Gasteiger partial charge < -0.3 is 9.84 Å². The fourth-order valence-corrected chi connectivity index (χ4v) is 2.92. The zero-order valence-electron chi connectivity index (χ0n) is 9.69. The first kappa shape index (κ1) is 11.4. The van der Waals surface area contributed by atoms with Crippen LogP contribution < -0.4 is 0 Å². The van der Waals surface area contributed by atoms with E-state index in [2.05, 4.69) is 11.8 Å². The van der Waals surface area contributed by atoms with Crippen molar-refractivity contribution in [3.63, 3.8) is 0 Å². The van der Waals surface area contributed by atoms with Gasteiger partial charge >= 0.3 is 0 Å². The molecule has 0 aromatic heterocycles. The van der Waals surface area contributed by atoms with E-state index in [1.807, 2.05) is 0 Å². The Labute approximate surface area is 92.4 Å². The summed E-state index contributed by atoms with van der Waals surface area (Å²) >= 11 is 0. The van der Waals surface area contributed by atoms with Crippen molar-refractivity contribution in [2.45, 2.75) is 44.8 Å². The molecule has 3 atom stereocenters. The van der Waals surface area contributed by atoms with Crippen molar-refractivity contribution in [2.24, 2.45) is 5.92 Å². The van der Waals surface area contributed by atoms with Crippen LogP contribution in [0.5, 0.6) is 0 Å². The Balaban J connectivity index is 1.86. The van der Waals surface area contributed by atoms with Crippen molar-refractivity contribution in [3.05, 3.63) is 0 Å². The molecule has 2 rings (SSSR count). The number of hydrogen-bond donors (Lipinski definition) is 1. The lowest BCUT2D eigenvalue weighted by Gasteiger charge is -2.40. The van der Waals surface area contributed by atoms with Crippen LogP contribution in [0.1, 0.15) is 32.6 Å². The molecule has 0 spiro atoms. The van der Waals surface area contributed by atoms with Crippen LogP contribution in [0.3, 0.4) is 0 Å². The van der Waals surface area contributed by atoms with Gasteiger partial charge in [-0.25, -0.2) is 0 Å².